The minimum Gasteiger partial charge on any atom is -0.481 e. The van der Waals surface area contributed by atoms with Gasteiger partial charge in [-0.15, -0.1) is 0 Å². The SMILES string of the molecule is CC(C)C[C@@H]1NC(=O)[C@@H](CC(C)C)NC(=O)[C@H](C(C)O)NC(=O)[C@H](CCCCN)NC(=O)[C@H](C(C)O)NC(=O)[C@H](CCC(=O)O)NC(=O)[C@H](CO)NC1=O. The van der Waals surface area contributed by atoms with Gasteiger partial charge in [0, 0.05) is 6.42 Å². The lowest BCUT2D eigenvalue weighted by Gasteiger charge is -2.29. The van der Waals surface area contributed by atoms with Crippen LogP contribution in [0.4, 0.5) is 0 Å². The second-order valence-corrected chi connectivity index (χ2v) is 14.4. The van der Waals surface area contributed by atoms with Crippen molar-refractivity contribution in [3.05, 3.63) is 0 Å². The van der Waals surface area contributed by atoms with Crippen molar-refractivity contribution in [3.8, 4) is 0 Å². The Hall–Kier alpha value is -4.40. The van der Waals surface area contributed by atoms with Gasteiger partial charge in [0.2, 0.25) is 41.4 Å². The highest BCUT2D eigenvalue weighted by Crippen LogP contribution is 2.12. The number of aliphatic hydroxyl groups is 3. The van der Waals surface area contributed by atoms with Crippen LogP contribution >= 0.6 is 0 Å². The van der Waals surface area contributed by atoms with Gasteiger partial charge in [0.25, 0.3) is 0 Å². The summed E-state index contributed by atoms with van der Waals surface area (Å²) in [5.74, 6) is -8.59. The number of carboxylic acids is 1. The molecular formula is C34H60N8O12. The lowest BCUT2D eigenvalue weighted by Crippen LogP contribution is -2.62. The molecule has 20 heteroatoms. The smallest absolute Gasteiger partial charge is 0.303 e. The third kappa shape index (κ3) is 16.3. The van der Waals surface area contributed by atoms with Crippen LogP contribution in [0.2, 0.25) is 0 Å². The molecule has 1 aliphatic rings. The summed E-state index contributed by atoms with van der Waals surface area (Å²) >= 11 is 0. The first-order chi connectivity index (χ1) is 25.2. The van der Waals surface area contributed by atoms with Gasteiger partial charge in [-0.25, -0.2) is 0 Å². The van der Waals surface area contributed by atoms with Crippen LogP contribution in [0.25, 0.3) is 0 Å². The van der Waals surface area contributed by atoms with Gasteiger partial charge in [-0.2, -0.15) is 0 Å². The molecule has 9 atom stereocenters. The number of amides is 7. The van der Waals surface area contributed by atoms with Crippen LogP contribution in [0.5, 0.6) is 0 Å². The van der Waals surface area contributed by atoms with E-state index < -0.39 is 121 Å². The number of carbonyl (C=O) groups is 8. The molecular weight excluding hydrogens is 712 g/mol. The van der Waals surface area contributed by atoms with Crippen molar-refractivity contribution in [3.63, 3.8) is 0 Å². The fourth-order valence-corrected chi connectivity index (χ4v) is 5.56. The maximum atomic E-state index is 13.7. The maximum absolute atomic E-state index is 13.7. The van der Waals surface area contributed by atoms with Crippen molar-refractivity contribution < 1.29 is 58.8 Å². The number of hydrogen-bond acceptors (Lipinski definition) is 12. The van der Waals surface area contributed by atoms with Crippen molar-refractivity contribution in [2.45, 2.75) is 141 Å². The molecule has 0 saturated carbocycles. The van der Waals surface area contributed by atoms with E-state index >= 15 is 0 Å². The average Bonchev–Trinajstić information content (AvgIpc) is 3.07. The molecule has 0 aliphatic carbocycles. The number of aliphatic carboxylic acids is 1. The Kier molecular flexibility index (Phi) is 20.6. The van der Waals surface area contributed by atoms with E-state index in [4.69, 9.17) is 5.73 Å². The molecule has 0 radical (unpaired) electrons. The van der Waals surface area contributed by atoms with Crippen LogP contribution in [-0.4, -0.2) is 135 Å². The van der Waals surface area contributed by atoms with Crippen LogP contribution in [0.15, 0.2) is 0 Å². The topological polar surface area (TPSA) is 328 Å². The van der Waals surface area contributed by atoms with Crippen LogP contribution < -0.4 is 43.0 Å². The first-order valence-electron chi connectivity index (χ1n) is 18.2. The molecule has 13 N–H and O–H groups in total. The van der Waals surface area contributed by atoms with E-state index in [9.17, 15) is 58.8 Å². The Labute approximate surface area is 314 Å². The molecule has 0 aromatic carbocycles. The van der Waals surface area contributed by atoms with Gasteiger partial charge in [-0.3, -0.25) is 38.4 Å². The second-order valence-electron chi connectivity index (χ2n) is 14.4. The molecule has 1 fully saturated rings. The van der Waals surface area contributed by atoms with E-state index in [0.29, 0.717) is 12.8 Å². The zero-order valence-corrected chi connectivity index (χ0v) is 31.8. The molecule has 0 bridgehead atoms. The standard InChI is InChI=1S/C34H60N8O12/c1-16(2)13-22-31(51)40-24(15-43)32(52)36-21(10-11-25(46)47)29(49)42-26(18(5)44)33(53)37-20(9-7-8-12-35)28(48)41-27(19(6)45)34(54)39-23(14-17(3)4)30(50)38-22/h16-24,26-27,43-45H,7-15,35H2,1-6H3,(H,36,52)(H,37,53)(H,38,50)(H,39,54)(H,40,51)(H,41,48)(H,42,49)(H,46,47)/t18?,19?,20-,21-,22-,23+,24-,26-,27-/m0/s1. The Morgan fingerprint density at radius 2 is 0.907 bits per heavy atom. The molecule has 0 aromatic rings. The van der Waals surface area contributed by atoms with Gasteiger partial charge in [0.15, 0.2) is 0 Å². The summed E-state index contributed by atoms with van der Waals surface area (Å²) in [6, 6.07) is -10.7. The van der Waals surface area contributed by atoms with Crippen molar-refractivity contribution in [1.82, 2.24) is 37.2 Å². The van der Waals surface area contributed by atoms with Crippen LogP contribution in [-0.2, 0) is 38.4 Å². The normalized spacial score (nSPS) is 27.0. The Balaban J connectivity index is 3.83. The molecule has 0 spiro atoms. The quantitative estimate of drug-likeness (QED) is 0.0756. The highest BCUT2D eigenvalue weighted by atomic mass is 16.4. The van der Waals surface area contributed by atoms with Gasteiger partial charge < -0.3 is 63.4 Å². The highest BCUT2D eigenvalue weighted by molar-refractivity contribution is 5.98. The van der Waals surface area contributed by atoms with Gasteiger partial charge in [-0.05, 0) is 70.8 Å². The monoisotopic (exact) mass is 772 g/mol. The minimum atomic E-state index is -1.75. The molecule has 20 nitrogen and oxygen atoms in total. The zero-order chi connectivity index (χ0) is 41.3. The minimum absolute atomic E-state index is 0.0279. The predicted octanol–water partition coefficient (Wildman–Crippen LogP) is -3.77. The van der Waals surface area contributed by atoms with Crippen LogP contribution in [0.3, 0.4) is 0 Å². The van der Waals surface area contributed by atoms with Gasteiger partial charge in [0.1, 0.15) is 42.3 Å². The highest BCUT2D eigenvalue weighted by Gasteiger charge is 2.37. The number of carbonyl (C=O) groups excluding carboxylic acids is 7. The predicted molar refractivity (Wildman–Crippen MR) is 193 cm³/mol. The largest absolute Gasteiger partial charge is 0.481 e. The number of carboxylic acid groups (broad SMARTS) is 1. The van der Waals surface area contributed by atoms with E-state index in [2.05, 4.69) is 37.2 Å². The fourth-order valence-electron chi connectivity index (χ4n) is 5.56. The van der Waals surface area contributed by atoms with E-state index in [0.717, 1.165) is 6.92 Å². The summed E-state index contributed by atoms with van der Waals surface area (Å²) in [6.45, 7) is 8.70. The van der Waals surface area contributed by atoms with Crippen molar-refractivity contribution in [2.75, 3.05) is 13.2 Å². The summed E-state index contributed by atoms with van der Waals surface area (Å²) in [6.07, 6.45) is -3.44. The van der Waals surface area contributed by atoms with Crippen molar-refractivity contribution in [2.24, 2.45) is 17.6 Å². The van der Waals surface area contributed by atoms with Crippen molar-refractivity contribution in [1.29, 1.82) is 0 Å². The zero-order valence-electron chi connectivity index (χ0n) is 31.8. The van der Waals surface area contributed by atoms with Gasteiger partial charge in [-0.1, -0.05) is 27.7 Å². The number of nitrogens with two attached hydrogens (primary N) is 1. The van der Waals surface area contributed by atoms with E-state index in [-0.39, 0.29) is 37.6 Å². The Bertz CT molecular complexity index is 1310. The first-order valence-corrected chi connectivity index (χ1v) is 18.2. The molecule has 54 heavy (non-hydrogen) atoms. The van der Waals surface area contributed by atoms with Crippen LogP contribution in [0.1, 0.15) is 86.5 Å². The molecule has 1 aliphatic heterocycles. The first kappa shape index (κ1) is 47.6. The van der Waals surface area contributed by atoms with E-state index in [1.165, 1.54) is 6.92 Å². The van der Waals surface area contributed by atoms with Crippen LogP contribution in [0, 0.1) is 11.8 Å². The number of nitrogens with one attached hydrogen (secondary N) is 7. The Morgan fingerprint density at radius 3 is 1.30 bits per heavy atom. The van der Waals surface area contributed by atoms with Crippen molar-refractivity contribution >= 4 is 47.3 Å². The van der Waals surface area contributed by atoms with E-state index in [1.807, 2.05) is 0 Å². The lowest BCUT2D eigenvalue weighted by atomic mass is 9.99. The number of unbranched alkanes of at least 4 members (excludes halogenated alkanes) is 1. The second kappa shape index (κ2) is 23.4. The third-order valence-electron chi connectivity index (χ3n) is 8.48. The molecule has 0 aromatic heterocycles. The molecule has 1 saturated heterocycles. The molecule has 308 valence electrons. The van der Waals surface area contributed by atoms with E-state index in [1.54, 1.807) is 27.7 Å². The fraction of sp³-hybridized carbons (Fsp3) is 0.765. The summed E-state index contributed by atoms with van der Waals surface area (Å²) in [7, 11) is 0. The maximum Gasteiger partial charge on any atom is 0.303 e. The lowest BCUT2D eigenvalue weighted by molar-refractivity contribution is -0.139. The van der Waals surface area contributed by atoms with Gasteiger partial charge in [0.05, 0.1) is 18.8 Å². The molecule has 2 unspecified atom stereocenters. The summed E-state index contributed by atoms with van der Waals surface area (Å²) < 4.78 is 0. The van der Waals surface area contributed by atoms with Gasteiger partial charge >= 0.3 is 5.97 Å². The summed E-state index contributed by atoms with van der Waals surface area (Å²) in [5.41, 5.74) is 5.61. The Morgan fingerprint density at radius 1 is 0.556 bits per heavy atom. The molecule has 7 amide bonds. The molecule has 1 rings (SSSR count). The number of rotatable bonds is 14. The molecule has 1 heterocycles. The average molecular weight is 773 g/mol. The number of hydrogen-bond donors (Lipinski definition) is 12. The summed E-state index contributed by atoms with van der Waals surface area (Å²) in [5, 5.41) is 57.3. The summed E-state index contributed by atoms with van der Waals surface area (Å²) in [4.78, 5) is 106. The third-order valence-corrected chi connectivity index (χ3v) is 8.48. The number of aliphatic hydroxyl groups excluding tert-OH is 3.